The van der Waals surface area contributed by atoms with Crippen molar-refractivity contribution in [1.82, 2.24) is 5.32 Å². The molecule has 1 heterocycles. The van der Waals surface area contributed by atoms with E-state index >= 15 is 0 Å². The van der Waals surface area contributed by atoms with E-state index in [9.17, 15) is 9.59 Å². The number of fused-ring (bicyclic) bond motifs is 1. The van der Waals surface area contributed by atoms with Crippen molar-refractivity contribution in [2.45, 2.75) is 31.2 Å². The molecule has 1 amide bonds. The van der Waals surface area contributed by atoms with Crippen LogP contribution in [0.25, 0.3) is 0 Å². The lowest BCUT2D eigenvalue weighted by Gasteiger charge is -2.32. The van der Waals surface area contributed by atoms with Gasteiger partial charge in [0.25, 0.3) is 5.91 Å². The summed E-state index contributed by atoms with van der Waals surface area (Å²) in [7, 11) is 0. The first-order valence-corrected chi connectivity index (χ1v) is 9.58. The summed E-state index contributed by atoms with van der Waals surface area (Å²) in [5.41, 5.74) is 1.20. The minimum absolute atomic E-state index is 0.0766. The summed E-state index contributed by atoms with van der Waals surface area (Å²) in [6.07, 6.45) is 4.65. The number of rotatable bonds is 6. The van der Waals surface area contributed by atoms with Crippen molar-refractivity contribution in [1.29, 1.82) is 0 Å². The van der Waals surface area contributed by atoms with E-state index in [2.05, 4.69) is 5.32 Å². The number of hydrogen-bond donors (Lipinski definition) is 1. The normalized spacial score (nSPS) is 17.0. The highest BCUT2D eigenvalue weighted by Gasteiger charge is 2.38. The fourth-order valence-corrected chi connectivity index (χ4v) is 3.90. The Labute approximate surface area is 163 Å². The molecular weight excluding hydrogens is 358 g/mol. The highest BCUT2D eigenvalue weighted by atomic mass is 16.6. The van der Waals surface area contributed by atoms with Gasteiger partial charge in [0.05, 0.1) is 5.54 Å². The molecule has 1 saturated carbocycles. The van der Waals surface area contributed by atoms with Gasteiger partial charge in [-0.25, -0.2) is 0 Å². The van der Waals surface area contributed by atoms with Gasteiger partial charge in [-0.05, 0) is 54.8 Å². The maximum absolute atomic E-state index is 12.6. The first-order valence-electron chi connectivity index (χ1n) is 9.58. The van der Waals surface area contributed by atoms with Crippen LogP contribution in [-0.2, 0) is 10.3 Å². The van der Waals surface area contributed by atoms with Crippen molar-refractivity contribution in [2.24, 2.45) is 0 Å². The van der Waals surface area contributed by atoms with Crippen LogP contribution in [0, 0.1) is 0 Å². The molecule has 1 N–H and O–H groups in total. The molecule has 0 saturated heterocycles. The van der Waals surface area contributed by atoms with Crippen LogP contribution >= 0.6 is 0 Å². The number of hydrogen-bond acceptors (Lipinski definition) is 5. The Morgan fingerprint density at radius 1 is 1.04 bits per heavy atom. The van der Waals surface area contributed by atoms with Gasteiger partial charge in [-0.15, -0.1) is 0 Å². The Balaban J connectivity index is 1.45. The van der Waals surface area contributed by atoms with E-state index in [1.165, 1.54) is 0 Å². The second-order valence-corrected chi connectivity index (χ2v) is 7.17. The summed E-state index contributed by atoms with van der Waals surface area (Å²) in [5, 5.41) is 3.19. The third-order valence-corrected chi connectivity index (χ3v) is 5.32. The molecule has 2 aromatic carbocycles. The van der Waals surface area contributed by atoms with Gasteiger partial charge in [0.2, 0.25) is 0 Å². The SMILES string of the molecule is O=Cc1ccc(OCC(=O)NC2(c3ccc4c(c3)OCCO4)CCCC2)cc1. The molecule has 146 valence electrons. The molecule has 0 atom stereocenters. The fraction of sp³-hybridized carbons (Fsp3) is 0.364. The Morgan fingerprint density at radius 3 is 2.46 bits per heavy atom. The van der Waals surface area contributed by atoms with E-state index in [-0.39, 0.29) is 12.5 Å². The lowest BCUT2D eigenvalue weighted by molar-refractivity contribution is -0.125. The molecule has 0 bridgehead atoms. The zero-order valence-corrected chi connectivity index (χ0v) is 15.6. The van der Waals surface area contributed by atoms with E-state index < -0.39 is 5.54 Å². The average molecular weight is 381 g/mol. The van der Waals surface area contributed by atoms with Gasteiger partial charge < -0.3 is 19.5 Å². The summed E-state index contributed by atoms with van der Waals surface area (Å²) in [6, 6.07) is 12.6. The van der Waals surface area contributed by atoms with Crippen molar-refractivity contribution in [2.75, 3.05) is 19.8 Å². The van der Waals surface area contributed by atoms with E-state index in [0.717, 1.165) is 49.0 Å². The van der Waals surface area contributed by atoms with Crippen LogP contribution in [0.1, 0.15) is 41.6 Å². The zero-order valence-electron chi connectivity index (χ0n) is 15.6. The van der Waals surface area contributed by atoms with Gasteiger partial charge in [0, 0.05) is 5.56 Å². The number of benzene rings is 2. The molecule has 6 nitrogen and oxygen atoms in total. The van der Waals surface area contributed by atoms with Crippen LogP contribution in [0.3, 0.4) is 0 Å². The second kappa shape index (κ2) is 7.92. The van der Waals surface area contributed by atoms with E-state index in [0.29, 0.717) is 24.5 Å². The van der Waals surface area contributed by atoms with Crippen molar-refractivity contribution >= 4 is 12.2 Å². The minimum Gasteiger partial charge on any atom is -0.486 e. The minimum atomic E-state index is -0.405. The van der Waals surface area contributed by atoms with Crippen LogP contribution < -0.4 is 19.5 Å². The van der Waals surface area contributed by atoms with Gasteiger partial charge >= 0.3 is 0 Å². The predicted octanol–water partition coefficient (Wildman–Crippen LogP) is 3.23. The fourth-order valence-electron chi connectivity index (χ4n) is 3.90. The third kappa shape index (κ3) is 3.81. The van der Waals surface area contributed by atoms with Gasteiger partial charge in [0.15, 0.2) is 18.1 Å². The number of ether oxygens (including phenoxy) is 3. The largest absolute Gasteiger partial charge is 0.486 e. The molecule has 1 fully saturated rings. The number of aldehydes is 1. The quantitative estimate of drug-likeness (QED) is 0.778. The number of carbonyl (C=O) groups is 2. The van der Waals surface area contributed by atoms with Crippen LogP contribution in [0.5, 0.6) is 17.2 Å². The monoisotopic (exact) mass is 381 g/mol. The molecule has 6 heteroatoms. The Bertz CT molecular complexity index is 856. The first-order chi connectivity index (χ1) is 13.7. The van der Waals surface area contributed by atoms with Crippen molar-refractivity contribution < 1.29 is 23.8 Å². The highest BCUT2D eigenvalue weighted by Crippen LogP contribution is 2.42. The summed E-state index contributed by atoms with van der Waals surface area (Å²) >= 11 is 0. The lowest BCUT2D eigenvalue weighted by atomic mass is 9.87. The summed E-state index contributed by atoms with van der Waals surface area (Å²) in [4.78, 5) is 23.3. The first kappa shape index (κ1) is 18.3. The Hall–Kier alpha value is -3.02. The Morgan fingerprint density at radius 2 is 1.75 bits per heavy atom. The smallest absolute Gasteiger partial charge is 0.258 e. The highest BCUT2D eigenvalue weighted by molar-refractivity contribution is 5.79. The van der Waals surface area contributed by atoms with E-state index in [1.54, 1.807) is 24.3 Å². The standard InChI is InChI=1S/C22H23NO5/c24-14-16-3-6-18(7-4-16)28-15-21(25)23-22(9-1-2-10-22)17-5-8-19-20(13-17)27-12-11-26-19/h3-8,13-14H,1-2,9-12,15H2,(H,23,25). The summed E-state index contributed by atoms with van der Waals surface area (Å²) in [6.45, 7) is 1.01. The third-order valence-electron chi connectivity index (χ3n) is 5.32. The van der Waals surface area contributed by atoms with Gasteiger partial charge in [-0.2, -0.15) is 0 Å². The van der Waals surface area contributed by atoms with E-state index in [4.69, 9.17) is 14.2 Å². The lowest BCUT2D eigenvalue weighted by Crippen LogP contribution is -2.45. The van der Waals surface area contributed by atoms with Gasteiger partial charge in [-0.1, -0.05) is 18.9 Å². The maximum Gasteiger partial charge on any atom is 0.258 e. The summed E-state index contributed by atoms with van der Waals surface area (Å²) < 4.78 is 16.9. The molecule has 1 aliphatic heterocycles. The molecule has 28 heavy (non-hydrogen) atoms. The number of nitrogens with one attached hydrogen (secondary N) is 1. The van der Waals surface area contributed by atoms with Crippen LogP contribution in [0.2, 0.25) is 0 Å². The molecule has 0 unspecified atom stereocenters. The van der Waals surface area contributed by atoms with Gasteiger partial charge in [0.1, 0.15) is 25.2 Å². The molecule has 0 spiro atoms. The van der Waals surface area contributed by atoms with Crippen LogP contribution in [-0.4, -0.2) is 32.0 Å². The van der Waals surface area contributed by atoms with Crippen molar-refractivity contribution in [3.8, 4) is 17.2 Å². The Kier molecular flexibility index (Phi) is 5.19. The van der Waals surface area contributed by atoms with E-state index in [1.807, 2.05) is 18.2 Å². The molecule has 4 rings (SSSR count). The van der Waals surface area contributed by atoms with Crippen LogP contribution in [0.15, 0.2) is 42.5 Å². The zero-order chi connectivity index (χ0) is 19.4. The average Bonchev–Trinajstić information content (AvgIpc) is 3.22. The molecule has 0 radical (unpaired) electrons. The molecular formula is C22H23NO5. The molecule has 2 aliphatic rings. The molecule has 2 aromatic rings. The van der Waals surface area contributed by atoms with Crippen LogP contribution in [0.4, 0.5) is 0 Å². The van der Waals surface area contributed by atoms with Gasteiger partial charge in [-0.3, -0.25) is 9.59 Å². The topological polar surface area (TPSA) is 73.9 Å². The predicted molar refractivity (Wildman–Crippen MR) is 103 cm³/mol. The second-order valence-electron chi connectivity index (χ2n) is 7.17. The molecule has 0 aromatic heterocycles. The van der Waals surface area contributed by atoms with Crippen molar-refractivity contribution in [3.05, 3.63) is 53.6 Å². The summed E-state index contributed by atoms with van der Waals surface area (Å²) in [5.74, 6) is 1.86. The molecule has 1 aliphatic carbocycles. The number of amides is 1. The number of carbonyl (C=O) groups excluding carboxylic acids is 2. The van der Waals surface area contributed by atoms with Crippen molar-refractivity contribution in [3.63, 3.8) is 0 Å². The maximum atomic E-state index is 12.6.